The molecule has 1 heterocycles. The number of amides is 1. The third-order valence-electron chi connectivity index (χ3n) is 5.45. The number of carbonyl (C=O) groups excluding carboxylic acids is 1. The van der Waals surface area contributed by atoms with Crippen LogP contribution in [0.4, 0.5) is 5.69 Å². The second-order valence-electron chi connectivity index (χ2n) is 8.08. The third kappa shape index (κ3) is 5.70. The molecule has 2 N–H and O–H groups in total. The minimum Gasteiger partial charge on any atom is -0.497 e. The van der Waals surface area contributed by atoms with Gasteiger partial charge in [-0.2, -0.15) is 5.10 Å². The van der Waals surface area contributed by atoms with E-state index in [0.717, 1.165) is 17.0 Å². The molecule has 3 aromatic carbocycles. The monoisotopic (exact) mass is 490 g/mol. The van der Waals surface area contributed by atoms with Gasteiger partial charge in [-0.05, 0) is 79.6 Å². The van der Waals surface area contributed by atoms with Gasteiger partial charge in [-0.1, -0.05) is 18.2 Å². The van der Waals surface area contributed by atoms with Gasteiger partial charge in [0.05, 0.1) is 29.9 Å². The highest BCUT2D eigenvalue weighted by Gasteiger charge is 2.18. The molecule has 0 atom stereocenters. The Kier molecular flexibility index (Phi) is 6.88. The van der Waals surface area contributed by atoms with Gasteiger partial charge in [0.1, 0.15) is 5.75 Å². The van der Waals surface area contributed by atoms with Crippen molar-refractivity contribution in [2.45, 2.75) is 25.3 Å². The normalized spacial score (nSPS) is 11.2. The molecule has 0 aliphatic rings. The lowest BCUT2D eigenvalue weighted by Crippen LogP contribution is -2.24. The maximum absolute atomic E-state index is 12.9. The first kappa shape index (κ1) is 24.0. The zero-order chi connectivity index (χ0) is 25.0. The van der Waals surface area contributed by atoms with Gasteiger partial charge in [-0.15, -0.1) is 0 Å². The number of nitrogens with zero attached hydrogens (tertiary/aromatic N) is 2. The van der Waals surface area contributed by atoms with Gasteiger partial charge in [0.25, 0.3) is 15.9 Å². The number of hydrogen-bond donors (Lipinski definition) is 2. The first-order valence-corrected chi connectivity index (χ1v) is 12.4. The van der Waals surface area contributed by atoms with Crippen molar-refractivity contribution in [3.63, 3.8) is 0 Å². The molecule has 0 unspecified atom stereocenters. The molecule has 0 bridgehead atoms. The molecule has 0 radical (unpaired) electrons. The Balaban J connectivity index is 1.46. The largest absolute Gasteiger partial charge is 0.497 e. The molecule has 9 heteroatoms. The van der Waals surface area contributed by atoms with Gasteiger partial charge in [-0.3, -0.25) is 9.52 Å². The maximum atomic E-state index is 12.9. The summed E-state index contributed by atoms with van der Waals surface area (Å²) in [6, 6.07) is 20.8. The van der Waals surface area contributed by atoms with Crippen LogP contribution in [0.1, 0.15) is 27.2 Å². The van der Waals surface area contributed by atoms with Crippen molar-refractivity contribution in [3.05, 3.63) is 101 Å². The summed E-state index contributed by atoms with van der Waals surface area (Å²) in [4.78, 5) is 12.9. The van der Waals surface area contributed by atoms with E-state index in [1.165, 1.54) is 12.1 Å². The number of rotatable bonds is 8. The average Bonchev–Trinajstić information content (AvgIpc) is 3.31. The summed E-state index contributed by atoms with van der Waals surface area (Å²) < 4.78 is 35.2. The highest BCUT2D eigenvalue weighted by molar-refractivity contribution is 7.92. The van der Waals surface area contributed by atoms with Gasteiger partial charge in [0, 0.05) is 17.4 Å². The molecule has 8 nitrogen and oxygen atoms in total. The minimum absolute atomic E-state index is 0.0125. The van der Waals surface area contributed by atoms with E-state index >= 15 is 0 Å². The Morgan fingerprint density at radius 3 is 2.49 bits per heavy atom. The number of methoxy groups -OCH3 is 1. The van der Waals surface area contributed by atoms with Crippen molar-refractivity contribution in [1.29, 1.82) is 0 Å². The Hall–Kier alpha value is -4.11. The summed E-state index contributed by atoms with van der Waals surface area (Å²) in [5.41, 5.74) is 3.87. The summed E-state index contributed by atoms with van der Waals surface area (Å²) in [5, 5.41) is 7.31. The van der Waals surface area contributed by atoms with Crippen LogP contribution in [0, 0.1) is 13.8 Å². The van der Waals surface area contributed by atoms with Crippen molar-refractivity contribution >= 4 is 21.6 Å². The van der Waals surface area contributed by atoms with Crippen LogP contribution in [-0.2, 0) is 16.6 Å². The predicted molar refractivity (Wildman–Crippen MR) is 134 cm³/mol. The van der Waals surface area contributed by atoms with Crippen LogP contribution >= 0.6 is 0 Å². The van der Waals surface area contributed by atoms with E-state index in [0.29, 0.717) is 16.9 Å². The lowest BCUT2D eigenvalue weighted by molar-refractivity contribution is 0.0949. The molecular weight excluding hydrogens is 464 g/mol. The molecule has 4 rings (SSSR count). The smallest absolute Gasteiger partial charge is 0.261 e. The van der Waals surface area contributed by atoms with Gasteiger partial charge in [0.15, 0.2) is 0 Å². The fourth-order valence-electron chi connectivity index (χ4n) is 3.54. The summed E-state index contributed by atoms with van der Waals surface area (Å²) in [5.74, 6) is 0.371. The Labute approximate surface area is 204 Å². The molecule has 180 valence electrons. The highest BCUT2D eigenvalue weighted by Crippen LogP contribution is 2.20. The lowest BCUT2D eigenvalue weighted by atomic mass is 10.1. The maximum Gasteiger partial charge on any atom is 0.261 e. The number of aromatic nitrogens is 2. The molecule has 0 saturated carbocycles. The van der Waals surface area contributed by atoms with Crippen LogP contribution in [0.2, 0.25) is 0 Å². The number of carbonyl (C=O) groups is 1. The summed E-state index contributed by atoms with van der Waals surface area (Å²) >= 11 is 0. The molecule has 0 aliphatic heterocycles. The SMILES string of the molecule is COc1ccc(-n2ccc(CNC(=O)c3cc(S(=O)(=O)Nc4cccc(C)c4)ccc3C)n2)cc1. The zero-order valence-electron chi connectivity index (χ0n) is 19.6. The van der Waals surface area contributed by atoms with Crippen LogP contribution in [0.25, 0.3) is 5.69 Å². The van der Waals surface area contributed by atoms with E-state index in [9.17, 15) is 13.2 Å². The number of anilines is 1. The lowest BCUT2D eigenvalue weighted by Gasteiger charge is -2.12. The van der Waals surface area contributed by atoms with Gasteiger partial charge in [0.2, 0.25) is 0 Å². The highest BCUT2D eigenvalue weighted by atomic mass is 32.2. The van der Waals surface area contributed by atoms with Gasteiger partial charge in [-0.25, -0.2) is 13.1 Å². The van der Waals surface area contributed by atoms with Crippen molar-refractivity contribution < 1.29 is 17.9 Å². The molecule has 1 amide bonds. The summed E-state index contributed by atoms with van der Waals surface area (Å²) in [6.45, 7) is 3.84. The Bertz CT molecular complexity index is 1460. The van der Waals surface area contributed by atoms with E-state index in [4.69, 9.17) is 4.74 Å². The topological polar surface area (TPSA) is 102 Å². The quantitative estimate of drug-likeness (QED) is 0.385. The molecule has 35 heavy (non-hydrogen) atoms. The molecule has 0 saturated heterocycles. The van der Waals surface area contributed by atoms with Crippen molar-refractivity contribution in [1.82, 2.24) is 15.1 Å². The second-order valence-corrected chi connectivity index (χ2v) is 9.77. The van der Waals surface area contributed by atoms with Crippen LogP contribution in [-0.4, -0.2) is 31.2 Å². The van der Waals surface area contributed by atoms with Crippen LogP contribution in [0.15, 0.2) is 83.9 Å². The number of aryl methyl sites for hydroxylation is 2. The van der Waals surface area contributed by atoms with Gasteiger partial charge < -0.3 is 10.1 Å². The van der Waals surface area contributed by atoms with Crippen molar-refractivity contribution in [2.75, 3.05) is 11.8 Å². The number of sulfonamides is 1. The fourth-order valence-corrected chi connectivity index (χ4v) is 4.61. The number of benzene rings is 3. The molecule has 1 aromatic heterocycles. The Morgan fingerprint density at radius 2 is 1.77 bits per heavy atom. The summed E-state index contributed by atoms with van der Waals surface area (Å²) in [7, 11) is -2.25. The summed E-state index contributed by atoms with van der Waals surface area (Å²) in [6.07, 6.45) is 1.80. The standard InChI is InChI=1S/C26H26N4O4S/c1-18-5-4-6-20(15-18)29-35(32,33)24-12-7-19(2)25(16-24)26(31)27-17-21-13-14-30(28-21)22-8-10-23(34-3)11-9-22/h4-16,29H,17H2,1-3H3,(H,27,31). The molecule has 0 fully saturated rings. The minimum atomic E-state index is -3.86. The zero-order valence-corrected chi connectivity index (χ0v) is 20.5. The van der Waals surface area contributed by atoms with Crippen LogP contribution in [0.3, 0.4) is 0 Å². The molecule has 4 aromatic rings. The van der Waals surface area contributed by atoms with E-state index in [2.05, 4.69) is 15.1 Å². The van der Waals surface area contributed by atoms with E-state index in [1.54, 1.807) is 49.2 Å². The van der Waals surface area contributed by atoms with Crippen molar-refractivity contribution in [2.24, 2.45) is 0 Å². The van der Waals surface area contributed by atoms with Crippen LogP contribution < -0.4 is 14.8 Å². The van der Waals surface area contributed by atoms with Gasteiger partial charge >= 0.3 is 0 Å². The first-order chi connectivity index (χ1) is 16.7. The van der Waals surface area contributed by atoms with E-state index in [1.807, 2.05) is 43.3 Å². The molecule has 0 aliphatic carbocycles. The Morgan fingerprint density at radius 1 is 1.00 bits per heavy atom. The number of ether oxygens (including phenoxy) is 1. The average molecular weight is 491 g/mol. The number of nitrogens with one attached hydrogen (secondary N) is 2. The first-order valence-electron chi connectivity index (χ1n) is 10.9. The van der Waals surface area contributed by atoms with Crippen molar-refractivity contribution in [3.8, 4) is 11.4 Å². The van der Waals surface area contributed by atoms with E-state index in [-0.39, 0.29) is 22.9 Å². The third-order valence-corrected chi connectivity index (χ3v) is 6.82. The van der Waals surface area contributed by atoms with E-state index < -0.39 is 10.0 Å². The second kappa shape index (κ2) is 10.0. The molecule has 0 spiro atoms. The number of hydrogen-bond acceptors (Lipinski definition) is 5. The molecular formula is C26H26N4O4S. The van der Waals surface area contributed by atoms with Crippen LogP contribution in [0.5, 0.6) is 5.75 Å². The predicted octanol–water partition coefficient (Wildman–Crippen LogP) is 4.23. The fraction of sp³-hybridized carbons (Fsp3) is 0.154.